The maximum Gasteiger partial charge on any atom is 0.250 e. The van der Waals surface area contributed by atoms with Crippen LogP contribution in [0.4, 0.5) is 5.82 Å². The fourth-order valence-corrected chi connectivity index (χ4v) is 3.86. The maximum absolute atomic E-state index is 11.8. The second-order valence-corrected chi connectivity index (χ2v) is 7.12. The fourth-order valence-electron chi connectivity index (χ4n) is 3.86. The highest BCUT2D eigenvalue weighted by Crippen LogP contribution is 2.29. The standard InChI is InChI=1S/C19H25N5O/c1-14-20-17-5-3-4-16(17)19(21-14)24-10-8-23(9-11-24)13-15-6-7-22(2)18(25)12-15/h6-7,12H,3-5,8-11,13H2,1-2H3. The van der Waals surface area contributed by atoms with Crippen molar-refractivity contribution in [2.75, 3.05) is 31.1 Å². The number of aromatic nitrogens is 3. The van der Waals surface area contributed by atoms with Crippen molar-refractivity contribution in [3.63, 3.8) is 0 Å². The summed E-state index contributed by atoms with van der Waals surface area (Å²) in [7, 11) is 1.78. The number of rotatable bonds is 3. The van der Waals surface area contributed by atoms with Gasteiger partial charge in [0.2, 0.25) is 0 Å². The van der Waals surface area contributed by atoms with Crippen LogP contribution in [0.25, 0.3) is 0 Å². The predicted molar refractivity (Wildman–Crippen MR) is 98.0 cm³/mol. The zero-order valence-corrected chi connectivity index (χ0v) is 15.0. The van der Waals surface area contributed by atoms with Crippen LogP contribution in [0.3, 0.4) is 0 Å². The lowest BCUT2D eigenvalue weighted by Gasteiger charge is -2.36. The van der Waals surface area contributed by atoms with Crippen LogP contribution in [0.2, 0.25) is 0 Å². The van der Waals surface area contributed by atoms with E-state index in [-0.39, 0.29) is 5.56 Å². The van der Waals surface area contributed by atoms with Crippen LogP contribution < -0.4 is 10.5 Å². The Kier molecular flexibility index (Phi) is 4.29. The van der Waals surface area contributed by atoms with Gasteiger partial charge in [-0.1, -0.05) is 0 Å². The minimum atomic E-state index is 0.0585. The number of hydrogen-bond donors (Lipinski definition) is 0. The lowest BCUT2D eigenvalue weighted by Crippen LogP contribution is -2.46. The Morgan fingerprint density at radius 1 is 1.12 bits per heavy atom. The van der Waals surface area contributed by atoms with Crippen LogP contribution in [0.5, 0.6) is 0 Å². The topological polar surface area (TPSA) is 54.3 Å². The molecule has 1 aliphatic heterocycles. The molecule has 0 atom stereocenters. The third-order valence-electron chi connectivity index (χ3n) is 5.27. The third-order valence-corrected chi connectivity index (χ3v) is 5.27. The first-order chi connectivity index (χ1) is 12.1. The Labute approximate surface area is 148 Å². The number of piperazine rings is 1. The Balaban J connectivity index is 1.43. The second-order valence-electron chi connectivity index (χ2n) is 7.12. The quantitative estimate of drug-likeness (QED) is 0.844. The summed E-state index contributed by atoms with van der Waals surface area (Å²) < 4.78 is 1.61. The fraction of sp³-hybridized carbons (Fsp3) is 0.526. The van der Waals surface area contributed by atoms with Crippen LogP contribution in [0, 0.1) is 6.92 Å². The Hall–Kier alpha value is -2.21. The third kappa shape index (κ3) is 3.31. The minimum absolute atomic E-state index is 0.0585. The number of nitrogens with zero attached hydrogens (tertiary/aromatic N) is 5. The molecular formula is C19H25N5O. The van der Waals surface area contributed by atoms with Crippen molar-refractivity contribution >= 4 is 5.82 Å². The van der Waals surface area contributed by atoms with Gasteiger partial charge in [0.15, 0.2) is 0 Å². The van der Waals surface area contributed by atoms with Crippen molar-refractivity contribution in [2.45, 2.75) is 32.7 Å². The minimum Gasteiger partial charge on any atom is -0.354 e. The van der Waals surface area contributed by atoms with Gasteiger partial charge in [-0.25, -0.2) is 9.97 Å². The molecule has 0 aromatic carbocycles. The summed E-state index contributed by atoms with van der Waals surface area (Å²) in [5.74, 6) is 2.05. The van der Waals surface area contributed by atoms with Crippen molar-refractivity contribution < 1.29 is 0 Å². The largest absolute Gasteiger partial charge is 0.354 e. The van der Waals surface area contributed by atoms with Crippen LogP contribution in [-0.4, -0.2) is 45.6 Å². The first kappa shape index (κ1) is 16.3. The molecule has 1 fully saturated rings. The van der Waals surface area contributed by atoms with Crippen LogP contribution in [0.1, 0.15) is 29.1 Å². The number of fused-ring (bicyclic) bond motifs is 1. The SMILES string of the molecule is Cc1nc2c(c(N3CCN(Cc4ccn(C)c(=O)c4)CC3)n1)CCC2. The van der Waals surface area contributed by atoms with Crippen molar-refractivity contribution in [1.82, 2.24) is 19.4 Å². The van der Waals surface area contributed by atoms with Crippen LogP contribution in [0.15, 0.2) is 23.1 Å². The molecule has 0 saturated carbocycles. The first-order valence-electron chi connectivity index (χ1n) is 9.09. The average molecular weight is 339 g/mol. The Morgan fingerprint density at radius 2 is 1.92 bits per heavy atom. The highest BCUT2D eigenvalue weighted by atomic mass is 16.1. The van der Waals surface area contributed by atoms with Gasteiger partial charge in [-0.15, -0.1) is 0 Å². The van der Waals surface area contributed by atoms with Crippen molar-refractivity contribution in [3.05, 3.63) is 51.3 Å². The van der Waals surface area contributed by atoms with E-state index in [1.165, 1.54) is 17.7 Å². The molecule has 25 heavy (non-hydrogen) atoms. The van der Waals surface area contributed by atoms with Gasteiger partial charge in [-0.05, 0) is 37.8 Å². The molecule has 0 bridgehead atoms. The molecular weight excluding hydrogens is 314 g/mol. The molecule has 3 heterocycles. The lowest BCUT2D eigenvalue weighted by atomic mass is 10.2. The van der Waals surface area contributed by atoms with Gasteiger partial charge in [-0.3, -0.25) is 9.69 Å². The van der Waals surface area contributed by atoms with E-state index < -0.39 is 0 Å². The normalized spacial score (nSPS) is 17.8. The zero-order valence-electron chi connectivity index (χ0n) is 15.0. The van der Waals surface area contributed by atoms with Crippen LogP contribution in [-0.2, 0) is 26.4 Å². The van der Waals surface area contributed by atoms with Crippen molar-refractivity contribution in [1.29, 1.82) is 0 Å². The van der Waals surface area contributed by atoms with Gasteiger partial charge >= 0.3 is 0 Å². The lowest BCUT2D eigenvalue weighted by molar-refractivity contribution is 0.249. The molecule has 0 N–H and O–H groups in total. The molecule has 132 valence electrons. The Bertz CT molecular complexity index is 836. The molecule has 6 nitrogen and oxygen atoms in total. The summed E-state index contributed by atoms with van der Waals surface area (Å²) in [6.45, 7) is 6.78. The number of anilines is 1. The Morgan fingerprint density at radius 3 is 2.68 bits per heavy atom. The van der Waals surface area contributed by atoms with Crippen LogP contribution >= 0.6 is 0 Å². The maximum atomic E-state index is 11.8. The second kappa shape index (κ2) is 6.59. The molecule has 1 aliphatic carbocycles. The summed E-state index contributed by atoms with van der Waals surface area (Å²) in [6.07, 6.45) is 5.25. The van der Waals surface area contributed by atoms with E-state index in [0.29, 0.717) is 0 Å². The van der Waals surface area contributed by atoms with Gasteiger partial charge in [0.1, 0.15) is 11.6 Å². The molecule has 0 spiro atoms. The molecule has 4 rings (SSSR count). The monoisotopic (exact) mass is 339 g/mol. The number of hydrogen-bond acceptors (Lipinski definition) is 5. The zero-order chi connectivity index (χ0) is 17.4. The number of pyridine rings is 1. The predicted octanol–water partition coefficient (Wildman–Crippen LogP) is 1.29. The number of aryl methyl sites for hydroxylation is 3. The molecule has 0 radical (unpaired) electrons. The van der Waals surface area contributed by atoms with Gasteiger partial charge in [0.05, 0.1) is 0 Å². The van der Waals surface area contributed by atoms with E-state index in [4.69, 9.17) is 4.98 Å². The van der Waals surface area contributed by atoms with Crippen molar-refractivity contribution in [3.8, 4) is 0 Å². The van der Waals surface area contributed by atoms with Gasteiger partial charge in [0, 0.05) is 63.3 Å². The van der Waals surface area contributed by atoms with E-state index in [2.05, 4.69) is 14.8 Å². The highest BCUT2D eigenvalue weighted by Gasteiger charge is 2.25. The summed E-state index contributed by atoms with van der Waals surface area (Å²) in [5, 5.41) is 0. The van der Waals surface area contributed by atoms with Gasteiger partial charge in [0.25, 0.3) is 5.56 Å². The average Bonchev–Trinajstić information content (AvgIpc) is 3.06. The summed E-state index contributed by atoms with van der Waals surface area (Å²) in [5.41, 5.74) is 3.77. The van der Waals surface area contributed by atoms with E-state index in [1.54, 1.807) is 17.7 Å². The molecule has 0 amide bonds. The van der Waals surface area contributed by atoms with E-state index in [0.717, 1.165) is 62.8 Å². The molecule has 2 aromatic heterocycles. The highest BCUT2D eigenvalue weighted by molar-refractivity contribution is 5.51. The van der Waals surface area contributed by atoms with Gasteiger partial charge < -0.3 is 9.47 Å². The summed E-state index contributed by atoms with van der Waals surface area (Å²) in [4.78, 5) is 26.0. The molecule has 0 unspecified atom stereocenters. The molecule has 2 aromatic rings. The first-order valence-corrected chi connectivity index (χ1v) is 9.09. The molecule has 6 heteroatoms. The molecule has 1 saturated heterocycles. The molecule has 2 aliphatic rings. The van der Waals surface area contributed by atoms with Gasteiger partial charge in [-0.2, -0.15) is 0 Å². The van der Waals surface area contributed by atoms with E-state index in [1.807, 2.05) is 19.2 Å². The smallest absolute Gasteiger partial charge is 0.250 e. The van der Waals surface area contributed by atoms with E-state index >= 15 is 0 Å². The van der Waals surface area contributed by atoms with E-state index in [9.17, 15) is 4.79 Å². The summed E-state index contributed by atoms with van der Waals surface area (Å²) >= 11 is 0. The van der Waals surface area contributed by atoms with Crippen molar-refractivity contribution in [2.24, 2.45) is 7.05 Å². The summed E-state index contributed by atoms with van der Waals surface area (Å²) in [6, 6.07) is 3.78.